The number of aromatic hydroxyl groups is 1. The summed E-state index contributed by atoms with van der Waals surface area (Å²) in [5, 5.41) is 11.8. The summed E-state index contributed by atoms with van der Waals surface area (Å²) in [7, 11) is 0. The molecule has 2 heterocycles. The fraction of sp³-hybridized carbons (Fsp3) is 0.125. The number of para-hydroxylation sites is 1. The van der Waals surface area contributed by atoms with E-state index in [0.29, 0.717) is 11.4 Å². The van der Waals surface area contributed by atoms with E-state index in [0.717, 1.165) is 33.5 Å². The normalized spacial score (nSPS) is 14.9. The number of anilines is 1. The summed E-state index contributed by atoms with van der Waals surface area (Å²) in [6, 6.07) is 15.9. The first-order valence-electron chi connectivity index (χ1n) is 9.91. The second kappa shape index (κ2) is 8.76. The van der Waals surface area contributed by atoms with Crippen LogP contribution in [0.2, 0.25) is 0 Å². The van der Waals surface area contributed by atoms with Gasteiger partial charge in [-0.2, -0.15) is 0 Å². The molecule has 0 saturated carbocycles. The van der Waals surface area contributed by atoms with Gasteiger partial charge in [0.05, 0.1) is 4.91 Å². The molecule has 1 aliphatic rings. The van der Waals surface area contributed by atoms with E-state index in [9.17, 15) is 19.5 Å². The molecular formula is C24H21N3O4S. The Balaban J connectivity index is 1.51. The van der Waals surface area contributed by atoms with Crippen molar-refractivity contribution in [2.24, 2.45) is 0 Å². The maximum Gasteiger partial charge on any atom is 0.294 e. The Kier molecular flexibility index (Phi) is 5.87. The number of aryl methyl sites for hydroxylation is 2. The largest absolute Gasteiger partial charge is 0.508 e. The van der Waals surface area contributed by atoms with Crippen LogP contribution in [-0.2, 0) is 9.59 Å². The average Bonchev–Trinajstić information content (AvgIpc) is 3.32. The van der Waals surface area contributed by atoms with Crippen molar-refractivity contribution < 1.29 is 19.5 Å². The maximum atomic E-state index is 12.9. The Morgan fingerprint density at radius 1 is 1.03 bits per heavy atom. The number of phenolic OH excluding ortho intramolecular Hbond substituents is 1. The summed E-state index contributed by atoms with van der Waals surface area (Å²) in [6.07, 6.45) is 3.45. The van der Waals surface area contributed by atoms with Crippen LogP contribution >= 0.6 is 11.8 Å². The monoisotopic (exact) mass is 447 g/mol. The number of aromatic nitrogens is 1. The molecule has 0 spiro atoms. The van der Waals surface area contributed by atoms with Crippen molar-refractivity contribution in [3.05, 3.63) is 82.5 Å². The molecule has 2 N–H and O–H groups in total. The third-order valence-electron chi connectivity index (χ3n) is 5.11. The highest BCUT2D eigenvalue weighted by molar-refractivity contribution is 8.18. The van der Waals surface area contributed by atoms with Crippen LogP contribution in [0, 0.1) is 13.8 Å². The third-order valence-corrected chi connectivity index (χ3v) is 6.02. The number of nitrogens with zero attached hydrogens (tertiary/aromatic N) is 2. The number of benzene rings is 2. The maximum absolute atomic E-state index is 12.9. The Morgan fingerprint density at radius 3 is 2.41 bits per heavy atom. The van der Waals surface area contributed by atoms with E-state index < -0.39 is 17.1 Å². The van der Waals surface area contributed by atoms with E-state index in [-0.39, 0.29) is 17.2 Å². The van der Waals surface area contributed by atoms with Crippen molar-refractivity contribution in [1.29, 1.82) is 0 Å². The van der Waals surface area contributed by atoms with Crippen LogP contribution in [0.1, 0.15) is 16.8 Å². The number of thioether (sulfide) groups is 1. The first kappa shape index (κ1) is 21.5. The van der Waals surface area contributed by atoms with Gasteiger partial charge in [-0.3, -0.25) is 19.3 Å². The first-order chi connectivity index (χ1) is 15.3. The Morgan fingerprint density at radius 2 is 1.72 bits per heavy atom. The number of imide groups is 1. The zero-order valence-electron chi connectivity index (χ0n) is 17.5. The van der Waals surface area contributed by atoms with Gasteiger partial charge in [0.1, 0.15) is 12.3 Å². The summed E-state index contributed by atoms with van der Waals surface area (Å²) in [6.45, 7) is 3.41. The molecule has 0 bridgehead atoms. The van der Waals surface area contributed by atoms with Gasteiger partial charge in [0.15, 0.2) is 0 Å². The zero-order chi connectivity index (χ0) is 22.8. The summed E-state index contributed by atoms with van der Waals surface area (Å²) < 4.78 is 1.83. The molecule has 7 nitrogen and oxygen atoms in total. The van der Waals surface area contributed by atoms with Crippen LogP contribution in [-0.4, -0.2) is 38.2 Å². The number of phenols is 1. The van der Waals surface area contributed by atoms with Crippen molar-refractivity contribution in [3.8, 4) is 11.4 Å². The summed E-state index contributed by atoms with van der Waals surface area (Å²) in [5.74, 6) is -0.781. The van der Waals surface area contributed by atoms with Crippen molar-refractivity contribution in [2.75, 3.05) is 11.9 Å². The first-order valence-corrected chi connectivity index (χ1v) is 10.7. The molecule has 8 heteroatoms. The molecule has 1 aromatic heterocycles. The quantitative estimate of drug-likeness (QED) is 0.563. The summed E-state index contributed by atoms with van der Waals surface area (Å²) in [4.78, 5) is 39.0. The van der Waals surface area contributed by atoms with Gasteiger partial charge in [0.25, 0.3) is 11.1 Å². The molecular weight excluding hydrogens is 426 g/mol. The van der Waals surface area contributed by atoms with Crippen LogP contribution in [0.4, 0.5) is 10.5 Å². The van der Waals surface area contributed by atoms with Crippen LogP contribution in [0.3, 0.4) is 0 Å². The van der Waals surface area contributed by atoms with Crippen LogP contribution in [0.15, 0.2) is 65.7 Å². The van der Waals surface area contributed by atoms with Gasteiger partial charge in [0.2, 0.25) is 5.91 Å². The molecule has 1 saturated heterocycles. The fourth-order valence-electron chi connectivity index (χ4n) is 3.46. The second-order valence-electron chi connectivity index (χ2n) is 7.40. The van der Waals surface area contributed by atoms with Crippen molar-refractivity contribution in [3.63, 3.8) is 0 Å². The van der Waals surface area contributed by atoms with Gasteiger partial charge in [-0.1, -0.05) is 18.2 Å². The topological polar surface area (TPSA) is 91.6 Å². The number of rotatable bonds is 5. The molecule has 162 valence electrons. The molecule has 3 amide bonds. The third kappa shape index (κ3) is 4.31. The van der Waals surface area contributed by atoms with Crippen LogP contribution in [0.25, 0.3) is 11.8 Å². The van der Waals surface area contributed by atoms with Crippen molar-refractivity contribution in [1.82, 2.24) is 9.47 Å². The highest BCUT2D eigenvalue weighted by Crippen LogP contribution is 2.33. The van der Waals surface area contributed by atoms with E-state index >= 15 is 0 Å². The minimum Gasteiger partial charge on any atom is -0.508 e. The Labute approximate surface area is 189 Å². The lowest BCUT2D eigenvalue weighted by molar-refractivity contribution is -0.127. The number of carbonyl (C=O) groups excluding carboxylic acids is 3. The lowest BCUT2D eigenvalue weighted by Crippen LogP contribution is -2.36. The molecule has 3 aromatic rings. The molecule has 2 aromatic carbocycles. The van der Waals surface area contributed by atoms with E-state index in [1.54, 1.807) is 30.3 Å². The van der Waals surface area contributed by atoms with E-state index in [4.69, 9.17) is 0 Å². The average molecular weight is 448 g/mol. The minimum absolute atomic E-state index is 0.155. The van der Waals surface area contributed by atoms with Crippen molar-refractivity contribution >= 4 is 40.6 Å². The predicted octanol–water partition coefficient (Wildman–Crippen LogP) is 4.47. The molecule has 32 heavy (non-hydrogen) atoms. The number of carbonyl (C=O) groups is 3. The van der Waals surface area contributed by atoms with Gasteiger partial charge in [-0.15, -0.1) is 0 Å². The summed E-state index contributed by atoms with van der Waals surface area (Å²) in [5.41, 5.74) is 3.99. The number of amides is 3. The molecule has 0 unspecified atom stereocenters. The van der Waals surface area contributed by atoms with Gasteiger partial charge in [-0.25, -0.2) is 0 Å². The molecule has 0 atom stereocenters. The fourth-order valence-corrected chi connectivity index (χ4v) is 4.29. The number of nitrogens with one attached hydrogen (secondary N) is 1. The number of hydrogen-bond acceptors (Lipinski definition) is 5. The molecule has 4 rings (SSSR count). The van der Waals surface area contributed by atoms with Gasteiger partial charge in [-0.05, 0) is 79.2 Å². The molecule has 0 aliphatic carbocycles. The van der Waals surface area contributed by atoms with E-state index in [1.807, 2.05) is 54.9 Å². The van der Waals surface area contributed by atoms with Crippen LogP contribution in [0.5, 0.6) is 5.75 Å². The zero-order valence-corrected chi connectivity index (χ0v) is 18.3. The summed E-state index contributed by atoms with van der Waals surface area (Å²) >= 11 is 0.806. The van der Waals surface area contributed by atoms with E-state index in [1.165, 1.54) is 0 Å². The Bertz CT molecular complexity index is 1220. The number of hydrogen-bond donors (Lipinski definition) is 2. The highest BCUT2D eigenvalue weighted by atomic mass is 32.2. The smallest absolute Gasteiger partial charge is 0.294 e. The lowest BCUT2D eigenvalue weighted by Gasteiger charge is -2.15. The second-order valence-corrected chi connectivity index (χ2v) is 8.40. The van der Waals surface area contributed by atoms with Gasteiger partial charge < -0.3 is 15.0 Å². The molecule has 1 aliphatic heterocycles. The van der Waals surface area contributed by atoms with Gasteiger partial charge in [0, 0.05) is 23.3 Å². The molecule has 0 radical (unpaired) electrons. The standard InChI is InChI=1S/C24H21N3O4S/c1-15-5-3-6-16(2)22(15)25-21(29)14-27-23(30)20(32-24(27)31)13-18-7-4-12-26(18)17-8-10-19(28)11-9-17/h3-13,28H,14H2,1-2H3,(H,25,29). The highest BCUT2D eigenvalue weighted by Gasteiger charge is 2.36. The predicted molar refractivity (Wildman–Crippen MR) is 125 cm³/mol. The van der Waals surface area contributed by atoms with Gasteiger partial charge >= 0.3 is 0 Å². The lowest BCUT2D eigenvalue weighted by atomic mass is 10.1. The SMILES string of the molecule is Cc1cccc(C)c1NC(=O)CN1C(=O)SC(=Cc2cccn2-c2ccc(O)cc2)C1=O. The van der Waals surface area contributed by atoms with E-state index in [2.05, 4.69) is 5.32 Å². The van der Waals surface area contributed by atoms with Crippen molar-refractivity contribution in [2.45, 2.75) is 13.8 Å². The Hall–Kier alpha value is -3.78. The minimum atomic E-state index is -0.505. The van der Waals surface area contributed by atoms with Crippen LogP contribution < -0.4 is 5.32 Å². The molecule has 1 fully saturated rings.